The zero-order valence-corrected chi connectivity index (χ0v) is 12.6. The number of carbonyl (C=O) groups excluding carboxylic acids is 2. The molecule has 1 N–H and O–H groups in total. The van der Waals surface area contributed by atoms with Gasteiger partial charge in [0.25, 0.3) is 5.91 Å². The number of amides is 1. The number of hydrogen-bond acceptors (Lipinski definition) is 3. The van der Waals surface area contributed by atoms with Gasteiger partial charge in [-0.2, -0.15) is 0 Å². The van der Waals surface area contributed by atoms with Crippen molar-refractivity contribution in [1.82, 2.24) is 0 Å². The fourth-order valence-electron chi connectivity index (χ4n) is 1.91. The van der Waals surface area contributed by atoms with Crippen molar-refractivity contribution in [3.63, 3.8) is 0 Å². The molecule has 120 valence electrons. The molecule has 1 amide bonds. The Balaban J connectivity index is 2.31. The fraction of sp³-hybridized carbons (Fsp3) is 0.176. The zero-order chi connectivity index (χ0) is 17.0. The molecule has 0 saturated carbocycles. The molecule has 0 fully saturated rings. The molecule has 2 rings (SSSR count). The van der Waals surface area contributed by atoms with Gasteiger partial charge >= 0.3 is 0 Å². The van der Waals surface area contributed by atoms with Gasteiger partial charge in [0.1, 0.15) is 12.0 Å². The van der Waals surface area contributed by atoms with Crippen LogP contribution >= 0.6 is 0 Å². The predicted molar refractivity (Wildman–Crippen MR) is 81.9 cm³/mol. The summed E-state index contributed by atoms with van der Waals surface area (Å²) in [5.41, 5.74) is 0.579. The number of benzene rings is 2. The largest absolute Gasteiger partial charge is 0.489 e. The van der Waals surface area contributed by atoms with E-state index < -0.39 is 17.5 Å². The first-order chi connectivity index (χ1) is 10.9. The quantitative estimate of drug-likeness (QED) is 0.853. The maximum atomic E-state index is 13.2. The Morgan fingerprint density at radius 1 is 1.13 bits per heavy atom. The van der Waals surface area contributed by atoms with Crippen molar-refractivity contribution in [2.45, 2.75) is 20.0 Å². The van der Waals surface area contributed by atoms with Crippen molar-refractivity contribution in [2.75, 3.05) is 5.32 Å². The first-order valence-corrected chi connectivity index (χ1v) is 6.93. The van der Waals surface area contributed by atoms with Crippen LogP contribution in [0.4, 0.5) is 14.5 Å². The van der Waals surface area contributed by atoms with Gasteiger partial charge in [-0.15, -0.1) is 0 Å². The van der Waals surface area contributed by atoms with Gasteiger partial charge in [-0.25, -0.2) is 8.78 Å². The van der Waals surface area contributed by atoms with Gasteiger partial charge in [0, 0.05) is 11.1 Å². The van der Waals surface area contributed by atoms with E-state index in [2.05, 4.69) is 5.32 Å². The number of nitrogens with one attached hydrogen (secondary N) is 1. The van der Waals surface area contributed by atoms with E-state index in [1.165, 1.54) is 12.1 Å². The number of carbonyl (C=O) groups is 2. The summed E-state index contributed by atoms with van der Waals surface area (Å²) in [6, 6.07) is 7.40. The van der Waals surface area contributed by atoms with Crippen molar-refractivity contribution in [2.24, 2.45) is 0 Å². The lowest BCUT2D eigenvalue weighted by molar-refractivity contribution is 0.102. The first-order valence-electron chi connectivity index (χ1n) is 6.93. The normalized spacial score (nSPS) is 10.5. The SMILES string of the molecule is CC(C)Oc1ccc(C=O)cc1NC(=O)c1ccc(F)c(F)c1. The lowest BCUT2D eigenvalue weighted by Crippen LogP contribution is -2.15. The minimum absolute atomic E-state index is 0.0455. The summed E-state index contributed by atoms with van der Waals surface area (Å²) >= 11 is 0. The third-order valence-corrected chi connectivity index (χ3v) is 2.93. The third-order valence-electron chi connectivity index (χ3n) is 2.93. The van der Waals surface area contributed by atoms with Crippen LogP contribution in [0.1, 0.15) is 34.6 Å². The van der Waals surface area contributed by atoms with E-state index in [0.717, 1.165) is 12.1 Å². The Bertz CT molecular complexity index is 745. The van der Waals surface area contributed by atoms with Crippen LogP contribution in [-0.2, 0) is 0 Å². The molecule has 23 heavy (non-hydrogen) atoms. The van der Waals surface area contributed by atoms with Crippen LogP contribution in [0.25, 0.3) is 0 Å². The minimum Gasteiger partial charge on any atom is -0.489 e. The average molecular weight is 319 g/mol. The maximum Gasteiger partial charge on any atom is 0.255 e. The number of halogens is 2. The van der Waals surface area contributed by atoms with Gasteiger partial charge in [0.15, 0.2) is 11.6 Å². The van der Waals surface area contributed by atoms with Gasteiger partial charge in [-0.3, -0.25) is 9.59 Å². The summed E-state index contributed by atoms with van der Waals surface area (Å²) in [5, 5.41) is 2.54. The molecule has 0 saturated heterocycles. The van der Waals surface area contributed by atoms with Gasteiger partial charge in [0.2, 0.25) is 0 Å². The zero-order valence-electron chi connectivity index (χ0n) is 12.6. The van der Waals surface area contributed by atoms with Gasteiger partial charge in [0.05, 0.1) is 11.8 Å². The molecule has 0 heterocycles. The van der Waals surface area contributed by atoms with E-state index in [-0.39, 0.29) is 17.4 Å². The molecule has 6 heteroatoms. The molecule has 0 aliphatic carbocycles. The number of hydrogen-bond donors (Lipinski definition) is 1. The van der Waals surface area contributed by atoms with E-state index in [1.54, 1.807) is 12.1 Å². The van der Waals surface area contributed by atoms with E-state index in [1.807, 2.05) is 13.8 Å². The van der Waals surface area contributed by atoms with Gasteiger partial charge in [-0.1, -0.05) is 0 Å². The average Bonchev–Trinajstić information content (AvgIpc) is 2.51. The molecule has 0 atom stereocenters. The van der Waals surface area contributed by atoms with Crippen LogP contribution in [0.5, 0.6) is 5.75 Å². The second-order valence-electron chi connectivity index (χ2n) is 5.12. The van der Waals surface area contributed by atoms with Gasteiger partial charge in [-0.05, 0) is 50.2 Å². The Labute approximate surface area is 132 Å². The molecule has 0 aliphatic rings. The van der Waals surface area contributed by atoms with Crippen LogP contribution in [0.3, 0.4) is 0 Å². The highest BCUT2D eigenvalue weighted by Crippen LogP contribution is 2.27. The summed E-state index contributed by atoms with van der Waals surface area (Å²) in [7, 11) is 0. The molecule has 2 aromatic carbocycles. The molecule has 0 bridgehead atoms. The van der Waals surface area contributed by atoms with Crippen LogP contribution in [-0.4, -0.2) is 18.3 Å². The van der Waals surface area contributed by atoms with Crippen LogP contribution in [0.2, 0.25) is 0 Å². The van der Waals surface area contributed by atoms with Crippen LogP contribution in [0, 0.1) is 11.6 Å². The van der Waals surface area contributed by atoms with Crippen LogP contribution in [0.15, 0.2) is 36.4 Å². The molecular formula is C17H15F2NO3. The summed E-state index contributed by atoms with van der Waals surface area (Å²) < 4.78 is 31.7. The molecule has 0 unspecified atom stereocenters. The topological polar surface area (TPSA) is 55.4 Å². The van der Waals surface area contributed by atoms with Crippen molar-refractivity contribution < 1.29 is 23.1 Å². The van der Waals surface area contributed by atoms with Crippen molar-refractivity contribution in [3.05, 3.63) is 59.2 Å². The second kappa shape index (κ2) is 7.00. The fourth-order valence-corrected chi connectivity index (χ4v) is 1.91. The number of rotatable bonds is 5. The Morgan fingerprint density at radius 3 is 2.48 bits per heavy atom. The second-order valence-corrected chi connectivity index (χ2v) is 5.12. The Hall–Kier alpha value is -2.76. The van der Waals surface area contributed by atoms with E-state index >= 15 is 0 Å². The third kappa shape index (κ3) is 4.12. The Kier molecular flexibility index (Phi) is 5.05. The highest BCUT2D eigenvalue weighted by molar-refractivity contribution is 6.05. The highest BCUT2D eigenvalue weighted by Gasteiger charge is 2.14. The number of anilines is 1. The number of aldehydes is 1. The summed E-state index contributed by atoms with van der Waals surface area (Å²) in [6.45, 7) is 3.63. The molecule has 0 aromatic heterocycles. The molecule has 0 spiro atoms. The first kappa shape index (κ1) is 16.6. The monoisotopic (exact) mass is 319 g/mol. The summed E-state index contributed by atoms with van der Waals surface area (Å²) in [5.74, 6) is -2.41. The molecule has 0 aliphatic heterocycles. The minimum atomic E-state index is -1.11. The van der Waals surface area contributed by atoms with Crippen molar-refractivity contribution >= 4 is 17.9 Å². The Morgan fingerprint density at radius 2 is 1.87 bits per heavy atom. The summed E-state index contributed by atoms with van der Waals surface area (Å²) in [6.07, 6.45) is 0.489. The standard InChI is InChI=1S/C17H15F2NO3/c1-10(2)23-16-6-3-11(9-21)7-15(16)20-17(22)12-4-5-13(18)14(19)8-12/h3-10H,1-2H3,(H,20,22). The highest BCUT2D eigenvalue weighted by atomic mass is 19.2. The smallest absolute Gasteiger partial charge is 0.255 e. The van der Waals surface area contributed by atoms with Crippen LogP contribution < -0.4 is 10.1 Å². The maximum absolute atomic E-state index is 13.2. The van der Waals surface area contributed by atoms with Crippen molar-refractivity contribution in [3.8, 4) is 5.75 Å². The molecule has 2 aromatic rings. The molecule has 0 radical (unpaired) electrons. The van der Waals surface area contributed by atoms with E-state index in [0.29, 0.717) is 17.6 Å². The number of ether oxygens (including phenoxy) is 1. The van der Waals surface area contributed by atoms with E-state index in [9.17, 15) is 18.4 Å². The molecular weight excluding hydrogens is 304 g/mol. The lowest BCUT2D eigenvalue weighted by Gasteiger charge is -2.15. The lowest BCUT2D eigenvalue weighted by atomic mass is 10.1. The molecule has 4 nitrogen and oxygen atoms in total. The van der Waals surface area contributed by atoms with Crippen molar-refractivity contribution in [1.29, 1.82) is 0 Å². The predicted octanol–water partition coefficient (Wildman–Crippen LogP) is 3.82. The summed E-state index contributed by atoms with van der Waals surface area (Å²) in [4.78, 5) is 23.1. The van der Waals surface area contributed by atoms with Gasteiger partial charge < -0.3 is 10.1 Å². The van der Waals surface area contributed by atoms with E-state index in [4.69, 9.17) is 4.74 Å².